The fourth-order valence-corrected chi connectivity index (χ4v) is 5.70. The number of halogens is 1. The molecule has 4 N–H and O–H groups in total. The Morgan fingerprint density at radius 3 is 2.71 bits per heavy atom. The molecule has 6 heteroatoms. The van der Waals surface area contributed by atoms with Crippen LogP contribution in [0.15, 0.2) is 28.9 Å². The maximum atomic E-state index is 12.9. The number of hydrogen-bond donors (Lipinski definition) is 3. The van der Waals surface area contributed by atoms with Gasteiger partial charge in [0.25, 0.3) is 0 Å². The highest BCUT2D eigenvalue weighted by Gasteiger charge is 2.41. The second-order valence-electron chi connectivity index (χ2n) is 8.76. The molecule has 1 aromatic heterocycles. The quantitative estimate of drug-likeness (QED) is 0.587. The van der Waals surface area contributed by atoms with Gasteiger partial charge in [0.1, 0.15) is 0 Å². The van der Waals surface area contributed by atoms with Gasteiger partial charge in [-0.05, 0) is 68.4 Å². The third-order valence-electron chi connectivity index (χ3n) is 6.89. The summed E-state index contributed by atoms with van der Waals surface area (Å²) in [5, 5.41) is 14.0. The molecule has 0 radical (unpaired) electrons. The van der Waals surface area contributed by atoms with Crippen LogP contribution in [0.1, 0.15) is 51.4 Å². The summed E-state index contributed by atoms with van der Waals surface area (Å²) in [7, 11) is 0. The lowest BCUT2D eigenvalue weighted by molar-refractivity contribution is -0.120. The molecule has 1 unspecified atom stereocenters. The van der Waals surface area contributed by atoms with Crippen LogP contribution in [-0.4, -0.2) is 28.2 Å². The lowest BCUT2D eigenvalue weighted by atomic mass is 9.59. The van der Waals surface area contributed by atoms with E-state index in [1.54, 1.807) is 0 Å². The summed E-state index contributed by atoms with van der Waals surface area (Å²) in [5.74, 6) is 1.03. The largest absolute Gasteiger partial charge is 0.392 e. The van der Waals surface area contributed by atoms with E-state index < -0.39 is 6.10 Å². The number of carbonyl (C=O) groups excluding carboxylic acids is 1. The van der Waals surface area contributed by atoms with Gasteiger partial charge in [-0.25, -0.2) is 0 Å². The van der Waals surface area contributed by atoms with Crippen LogP contribution in [0.25, 0.3) is 10.9 Å². The van der Waals surface area contributed by atoms with Crippen molar-refractivity contribution in [1.82, 2.24) is 4.57 Å². The van der Waals surface area contributed by atoms with Crippen molar-refractivity contribution in [3.05, 3.63) is 28.9 Å². The molecule has 0 saturated heterocycles. The van der Waals surface area contributed by atoms with Crippen LogP contribution >= 0.6 is 15.9 Å². The number of aryl methyl sites for hydroxylation is 1. The number of anilines is 1. The standard InChI is InChI=1S/C22H30BrN3O2/c23-17-2-1-3-19-21(17)18(14-26(19)11-7-16(27)13-24)25-20(28)12-22-8-4-15(5-9-22)6-10-22/h1-3,14-16,27H,4-13,24H2,(H,25,28). The molecule has 3 fully saturated rings. The number of nitrogens with two attached hydrogens (primary N) is 1. The van der Waals surface area contributed by atoms with Crippen molar-refractivity contribution in [2.24, 2.45) is 17.1 Å². The van der Waals surface area contributed by atoms with E-state index in [0.717, 1.165) is 27.0 Å². The Kier molecular flexibility index (Phi) is 5.81. The smallest absolute Gasteiger partial charge is 0.224 e. The molecule has 1 amide bonds. The molecule has 1 heterocycles. The molecule has 3 aliphatic rings. The van der Waals surface area contributed by atoms with Crippen LogP contribution in [0, 0.1) is 11.3 Å². The van der Waals surface area contributed by atoms with E-state index in [1.807, 2.05) is 24.4 Å². The van der Waals surface area contributed by atoms with Gasteiger partial charge in [-0.1, -0.05) is 22.0 Å². The van der Waals surface area contributed by atoms with Crippen LogP contribution in [0.5, 0.6) is 0 Å². The normalized spacial score (nSPS) is 25.2. The predicted molar refractivity (Wildman–Crippen MR) is 116 cm³/mol. The van der Waals surface area contributed by atoms with Crippen molar-refractivity contribution in [1.29, 1.82) is 0 Å². The first kappa shape index (κ1) is 19.9. The van der Waals surface area contributed by atoms with E-state index in [-0.39, 0.29) is 17.9 Å². The van der Waals surface area contributed by atoms with Crippen LogP contribution in [0.4, 0.5) is 5.69 Å². The molecule has 5 rings (SSSR count). The summed E-state index contributed by atoms with van der Waals surface area (Å²) in [6.07, 6.45) is 10.2. The third kappa shape index (κ3) is 4.00. The molecule has 5 nitrogen and oxygen atoms in total. The van der Waals surface area contributed by atoms with Gasteiger partial charge < -0.3 is 20.7 Å². The van der Waals surface area contributed by atoms with E-state index in [2.05, 4.69) is 25.8 Å². The number of fused-ring (bicyclic) bond motifs is 4. The highest BCUT2D eigenvalue weighted by Crippen LogP contribution is 2.52. The highest BCUT2D eigenvalue weighted by molar-refractivity contribution is 9.10. The fraction of sp³-hybridized carbons (Fsp3) is 0.591. The van der Waals surface area contributed by atoms with E-state index >= 15 is 0 Å². The number of amides is 1. The van der Waals surface area contributed by atoms with Gasteiger partial charge in [0.05, 0.1) is 17.3 Å². The van der Waals surface area contributed by atoms with Gasteiger partial charge in [0, 0.05) is 35.6 Å². The minimum atomic E-state index is -0.511. The predicted octanol–water partition coefficient (Wildman–Crippen LogP) is 4.41. The lowest BCUT2D eigenvalue weighted by Crippen LogP contribution is -2.37. The van der Waals surface area contributed by atoms with Crippen LogP contribution in [0.2, 0.25) is 0 Å². The van der Waals surface area contributed by atoms with Crippen molar-refractivity contribution in [2.45, 2.75) is 64.0 Å². The Labute approximate surface area is 174 Å². The minimum absolute atomic E-state index is 0.122. The SMILES string of the molecule is NCC(O)CCn1cc(NC(=O)CC23CCC(CC2)CC3)c2c(Br)cccc21. The first-order chi connectivity index (χ1) is 13.5. The molecule has 2 aromatic rings. The number of nitrogens with zero attached hydrogens (tertiary/aromatic N) is 1. The summed E-state index contributed by atoms with van der Waals surface area (Å²) in [5.41, 5.74) is 7.65. The molecule has 152 valence electrons. The molecule has 28 heavy (non-hydrogen) atoms. The van der Waals surface area contributed by atoms with E-state index in [0.29, 0.717) is 19.4 Å². The fourth-order valence-electron chi connectivity index (χ4n) is 5.13. The van der Waals surface area contributed by atoms with Gasteiger partial charge in [-0.3, -0.25) is 4.79 Å². The molecule has 1 aromatic carbocycles. The van der Waals surface area contributed by atoms with Crippen LogP contribution in [-0.2, 0) is 11.3 Å². The molecule has 3 aliphatic carbocycles. The van der Waals surface area contributed by atoms with Gasteiger partial charge in [0.15, 0.2) is 0 Å². The molecular formula is C22H30BrN3O2. The molecule has 0 spiro atoms. The van der Waals surface area contributed by atoms with Gasteiger partial charge in [0.2, 0.25) is 5.91 Å². The first-order valence-electron chi connectivity index (χ1n) is 10.4. The zero-order chi connectivity index (χ0) is 19.7. The molecule has 2 bridgehead atoms. The topological polar surface area (TPSA) is 80.3 Å². The third-order valence-corrected chi connectivity index (χ3v) is 7.55. The minimum Gasteiger partial charge on any atom is -0.392 e. The maximum Gasteiger partial charge on any atom is 0.224 e. The van der Waals surface area contributed by atoms with Gasteiger partial charge >= 0.3 is 0 Å². The van der Waals surface area contributed by atoms with Crippen molar-refractivity contribution in [3.63, 3.8) is 0 Å². The Morgan fingerprint density at radius 2 is 2.04 bits per heavy atom. The second-order valence-corrected chi connectivity index (χ2v) is 9.61. The number of hydrogen-bond acceptors (Lipinski definition) is 3. The Morgan fingerprint density at radius 1 is 1.32 bits per heavy atom. The van der Waals surface area contributed by atoms with Crippen molar-refractivity contribution in [2.75, 3.05) is 11.9 Å². The summed E-state index contributed by atoms with van der Waals surface area (Å²) in [6, 6.07) is 6.04. The Bertz CT molecular complexity index is 841. The first-order valence-corrected chi connectivity index (χ1v) is 11.2. The summed E-state index contributed by atoms with van der Waals surface area (Å²) >= 11 is 3.64. The summed E-state index contributed by atoms with van der Waals surface area (Å²) in [4.78, 5) is 12.9. The molecule has 3 saturated carbocycles. The average Bonchev–Trinajstić information content (AvgIpc) is 3.05. The Hall–Kier alpha value is -1.37. The second kappa shape index (κ2) is 8.17. The Balaban J connectivity index is 1.53. The number of nitrogens with one attached hydrogen (secondary N) is 1. The van der Waals surface area contributed by atoms with E-state index in [9.17, 15) is 9.90 Å². The van der Waals surface area contributed by atoms with Crippen LogP contribution < -0.4 is 11.1 Å². The number of benzene rings is 1. The summed E-state index contributed by atoms with van der Waals surface area (Å²) < 4.78 is 3.06. The number of aliphatic hydroxyl groups excluding tert-OH is 1. The number of aliphatic hydroxyl groups is 1. The van der Waals surface area contributed by atoms with Crippen molar-refractivity contribution in [3.8, 4) is 0 Å². The number of carbonyl (C=O) groups is 1. The molecular weight excluding hydrogens is 418 g/mol. The highest BCUT2D eigenvalue weighted by atomic mass is 79.9. The summed E-state index contributed by atoms with van der Waals surface area (Å²) in [6.45, 7) is 0.919. The van der Waals surface area contributed by atoms with Gasteiger partial charge in [-0.15, -0.1) is 0 Å². The maximum absolute atomic E-state index is 12.9. The van der Waals surface area contributed by atoms with Gasteiger partial charge in [-0.2, -0.15) is 0 Å². The number of aromatic nitrogens is 1. The van der Waals surface area contributed by atoms with E-state index in [4.69, 9.17) is 5.73 Å². The number of rotatable bonds is 7. The van der Waals surface area contributed by atoms with Crippen molar-refractivity contribution < 1.29 is 9.90 Å². The molecule has 1 atom stereocenters. The lowest BCUT2D eigenvalue weighted by Gasteiger charge is -2.46. The van der Waals surface area contributed by atoms with Crippen molar-refractivity contribution >= 4 is 38.4 Å². The van der Waals surface area contributed by atoms with Crippen LogP contribution in [0.3, 0.4) is 0 Å². The average molecular weight is 448 g/mol. The monoisotopic (exact) mass is 447 g/mol. The van der Waals surface area contributed by atoms with E-state index in [1.165, 1.54) is 38.5 Å². The zero-order valence-corrected chi connectivity index (χ0v) is 17.9. The molecule has 0 aliphatic heterocycles. The zero-order valence-electron chi connectivity index (χ0n) is 16.3.